The van der Waals surface area contributed by atoms with Crippen molar-refractivity contribution in [3.8, 4) is 0 Å². The highest BCUT2D eigenvalue weighted by atomic mass is 32.2. The molecule has 0 aliphatic carbocycles. The number of nitrogens with one attached hydrogen (secondary N) is 1. The van der Waals surface area contributed by atoms with Gasteiger partial charge in [-0.05, 0) is 31.9 Å². The number of hydrogen-bond donors (Lipinski definition) is 1. The third kappa shape index (κ3) is 2.27. The van der Waals surface area contributed by atoms with Crippen LogP contribution < -0.4 is 10.5 Å². The minimum absolute atomic E-state index is 0.117. The van der Waals surface area contributed by atoms with Crippen molar-refractivity contribution in [2.45, 2.75) is 25.7 Å². The smallest absolute Gasteiger partial charge is 0.412 e. The topological polar surface area (TPSA) is 117 Å². The Balaban J connectivity index is 2.70. The number of hydrogen-bond acceptors (Lipinski definition) is 5. The maximum Gasteiger partial charge on any atom is 0.412 e. The molecule has 1 N–H and O–H groups in total. The zero-order valence-corrected chi connectivity index (χ0v) is 11.9. The van der Waals surface area contributed by atoms with Gasteiger partial charge in [0.05, 0.1) is 4.90 Å². The van der Waals surface area contributed by atoms with E-state index >= 15 is 0 Å². The molecule has 0 fully saturated rings. The second kappa shape index (κ2) is 4.67. The first kappa shape index (κ1) is 14.1. The van der Waals surface area contributed by atoms with E-state index in [0.717, 1.165) is 11.9 Å². The van der Waals surface area contributed by atoms with E-state index in [0.29, 0.717) is 15.2 Å². The van der Waals surface area contributed by atoms with Gasteiger partial charge < -0.3 is 10.4 Å². The average Bonchev–Trinajstić information content (AvgIpc) is 2.76. The monoisotopic (exact) mass is 297 g/mol. The molecule has 0 aliphatic heterocycles. The van der Waals surface area contributed by atoms with Crippen LogP contribution in [-0.2, 0) is 10.0 Å². The first-order valence-corrected chi connectivity index (χ1v) is 7.12. The molecule has 0 bridgehead atoms. The molecular formula is C11H13N4O4S-. The molecule has 0 atom stereocenters. The SMILES string of the molecule is Cc1cc(C)c(S(=O)(=O)n2cnc(=[N+]([O-])[O-])[nH]2)c(C)c1. The second-order valence-electron chi connectivity index (χ2n) is 4.47. The Morgan fingerprint density at radius 1 is 1.20 bits per heavy atom. The lowest BCUT2D eigenvalue weighted by molar-refractivity contribution is 0.577. The van der Waals surface area contributed by atoms with Gasteiger partial charge in [-0.1, -0.05) is 26.8 Å². The molecule has 0 amide bonds. The molecule has 0 radical (unpaired) electrons. The first-order chi connectivity index (χ1) is 9.23. The molecule has 0 saturated heterocycles. The summed E-state index contributed by atoms with van der Waals surface area (Å²) in [5.74, 6) is 0. The molecule has 1 aromatic carbocycles. The number of aromatic amines is 1. The highest BCUT2D eigenvalue weighted by Gasteiger charge is 2.24. The summed E-state index contributed by atoms with van der Waals surface area (Å²) in [6.45, 7) is 5.22. The Bertz CT molecular complexity index is 805. The zero-order chi connectivity index (χ0) is 15.1. The average molecular weight is 297 g/mol. The molecule has 1 aromatic heterocycles. The van der Waals surface area contributed by atoms with Crippen LogP contribution >= 0.6 is 0 Å². The first-order valence-electron chi connectivity index (χ1n) is 5.68. The van der Waals surface area contributed by atoms with Gasteiger partial charge in [0.1, 0.15) is 0 Å². The molecule has 20 heavy (non-hydrogen) atoms. The summed E-state index contributed by atoms with van der Waals surface area (Å²) >= 11 is 0. The predicted molar refractivity (Wildman–Crippen MR) is 71.8 cm³/mol. The quantitative estimate of drug-likeness (QED) is 0.791. The number of rotatable bonds is 2. The number of benzene rings is 1. The van der Waals surface area contributed by atoms with E-state index in [1.165, 1.54) is 0 Å². The Morgan fingerprint density at radius 3 is 2.20 bits per heavy atom. The van der Waals surface area contributed by atoms with Gasteiger partial charge in [0.25, 0.3) is 10.0 Å². The third-order valence-electron chi connectivity index (χ3n) is 2.79. The molecule has 0 saturated carbocycles. The van der Waals surface area contributed by atoms with E-state index < -0.39 is 20.5 Å². The van der Waals surface area contributed by atoms with E-state index in [4.69, 9.17) is 0 Å². The number of nitrogens with zero attached hydrogens (tertiary/aromatic N) is 3. The van der Waals surface area contributed by atoms with E-state index in [1.807, 2.05) is 6.92 Å². The minimum atomic E-state index is -3.94. The summed E-state index contributed by atoms with van der Waals surface area (Å²) in [6, 6.07) is 3.48. The van der Waals surface area contributed by atoms with E-state index in [-0.39, 0.29) is 4.90 Å². The maximum atomic E-state index is 12.5. The summed E-state index contributed by atoms with van der Waals surface area (Å²) in [6.07, 6.45) is 0.881. The minimum Gasteiger partial charge on any atom is -0.744 e. The largest absolute Gasteiger partial charge is 0.744 e. The van der Waals surface area contributed by atoms with Crippen LogP contribution in [-0.4, -0.2) is 22.6 Å². The maximum absolute atomic E-state index is 12.5. The van der Waals surface area contributed by atoms with Crippen LogP contribution in [0.5, 0.6) is 0 Å². The van der Waals surface area contributed by atoms with Crippen molar-refractivity contribution in [1.29, 1.82) is 0 Å². The lowest BCUT2D eigenvalue weighted by Crippen LogP contribution is -2.25. The van der Waals surface area contributed by atoms with Crippen LogP contribution in [0.3, 0.4) is 0 Å². The summed E-state index contributed by atoms with van der Waals surface area (Å²) in [4.78, 5) is 2.74. The van der Waals surface area contributed by atoms with Gasteiger partial charge in [-0.3, -0.25) is 4.90 Å². The lowest BCUT2D eigenvalue weighted by Gasteiger charge is -2.11. The normalized spacial score (nSPS) is 11.6. The fourth-order valence-electron chi connectivity index (χ4n) is 2.15. The second-order valence-corrected chi connectivity index (χ2v) is 6.22. The molecule has 0 aliphatic rings. The van der Waals surface area contributed by atoms with Crippen LogP contribution in [0, 0.1) is 31.2 Å². The molecule has 1 heterocycles. The van der Waals surface area contributed by atoms with Crippen LogP contribution in [0.15, 0.2) is 23.4 Å². The molecule has 108 valence electrons. The van der Waals surface area contributed by atoms with Crippen molar-refractivity contribution in [2.24, 2.45) is 0 Å². The van der Waals surface area contributed by atoms with E-state index in [1.54, 1.807) is 26.0 Å². The van der Waals surface area contributed by atoms with Gasteiger partial charge in [-0.15, -0.1) is 0 Å². The van der Waals surface area contributed by atoms with Crippen LogP contribution in [0.1, 0.15) is 16.7 Å². The van der Waals surface area contributed by atoms with E-state index in [9.17, 15) is 18.8 Å². The van der Waals surface area contributed by atoms with Gasteiger partial charge in [0, 0.05) is 0 Å². The fourth-order valence-corrected chi connectivity index (χ4v) is 3.65. The van der Waals surface area contributed by atoms with Gasteiger partial charge >= 0.3 is 5.62 Å². The molecular weight excluding hydrogens is 284 g/mol. The van der Waals surface area contributed by atoms with Crippen molar-refractivity contribution in [1.82, 2.24) is 19.1 Å². The molecule has 2 aromatic rings. The lowest BCUT2D eigenvalue weighted by atomic mass is 10.1. The van der Waals surface area contributed by atoms with Crippen molar-refractivity contribution < 1.29 is 8.42 Å². The van der Waals surface area contributed by atoms with Crippen molar-refractivity contribution >= 4 is 10.0 Å². The standard InChI is InChI=1S/C11H13N4O4S/c1-7-4-8(2)10(9(3)5-7)20(18,19)14-6-12-11(13-14)15(16)17/h4-6,13H,1-3H3/q-1. The predicted octanol–water partition coefficient (Wildman–Crippen LogP) is 0.141. The number of aryl methyl sites for hydroxylation is 3. The number of H-pyrrole nitrogens is 1. The number of aromatic nitrogens is 3. The van der Waals surface area contributed by atoms with Crippen LogP contribution in [0.25, 0.3) is 0 Å². The van der Waals surface area contributed by atoms with Gasteiger partial charge in [0.15, 0.2) is 0 Å². The van der Waals surface area contributed by atoms with Gasteiger partial charge in [-0.2, -0.15) is 13.5 Å². The van der Waals surface area contributed by atoms with Gasteiger partial charge in [-0.25, -0.2) is 0 Å². The Labute approximate surface area is 115 Å². The van der Waals surface area contributed by atoms with Crippen LogP contribution in [0.4, 0.5) is 0 Å². The summed E-state index contributed by atoms with van der Waals surface area (Å²) in [7, 11) is -3.94. The van der Waals surface area contributed by atoms with Gasteiger partial charge in [0.2, 0.25) is 6.33 Å². The summed E-state index contributed by atoms with van der Waals surface area (Å²) in [5.41, 5.74) is 1.47. The fraction of sp³-hybridized carbons (Fsp3) is 0.273. The summed E-state index contributed by atoms with van der Waals surface area (Å²) in [5, 5.41) is 23.3. The molecule has 2 rings (SSSR count). The Kier molecular flexibility index (Phi) is 3.30. The van der Waals surface area contributed by atoms with Crippen molar-refractivity contribution in [3.63, 3.8) is 0 Å². The Morgan fingerprint density at radius 2 is 1.75 bits per heavy atom. The van der Waals surface area contributed by atoms with Crippen LogP contribution in [0.2, 0.25) is 0 Å². The van der Waals surface area contributed by atoms with Crippen molar-refractivity contribution in [3.05, 3.63) is 51.2 Å². The molecule has 9 heteroatoms. The zero-order valence-electron chi connectivity index (χ0n) is 11.1. The Hall–Kier alpha value is -2.29. The molecule has 0 spiro atoms. The molecule has 8 nitrogen and oxygen atoms in total. The van der Waals surface area contributed by atoms with E-state index in [2.05, 4.69) is 10.1 Å². The van der Waals surface area contributed by atoms with Crippen molar-refractivity contribution in [2.75, 3.05) is 0 Å². The molecule has 0 unspecified atom stereocenters. The third-order valence-corrected chi connectivity index (χ3v) is 4.65. The highest BCUT2D eigenvalue weighted by Crippen LogP contribution is 2.23. The highest BCUT2D eigenvalue weighted by molar-refractivity contribution is 7.90. The summed E-state index contributed by atoms with van der Waals surface area (Å²) < 4.78 is 25.6.